The van der Waals surface area contributed by atoms with Gasteiger partial charge in [-0.2, -0.15) is 0 Å². The van der Waals surface area contributed by atoms with E-state index in [0.717, 1.165) is 18.5 Å². The molecule has 0 bridgehead atoms. The van der Waals surface area contributed by atoms with Crippen molar-refractivity contribution in [2.75, 3.05) is 0 Å². The Kier molecular flexibility index (Phi) is 6.11. The normalized spacial score (nSPS) is 13.7. The van der Waals surface area contributed by atoms with Crippen LogP contribution >= 0.6 is 8.07 Å². The van der Waals surface area contributed by atoms with Crippen molar-refractivity contribution in [2.24, 2.45) is 4.99 Å². The van der Waals surface area contributed by atoms with E-state index in [2.05, 4.69) is 83.6 Å². The van der Waals surface area contributed by atoms with Crippen molar-refractivity contribution in [1.82, 2.24) is 4.67 Å². The first-order valence-corrected chi connectivity index (χ1v) is 10.9. The highest BCUT2D eigenvalue weighted by molar-refractivity contribution is 7.71. The maximum atomic E-state index is 4.80. The SMILES string of the molecule is C1=CC(N(C=Nc2ccccc2)P(c2ccccc2)c2ccccc2)=CCC1. The van der Waals surface area contributed by atoms with E-state index in [9.17, 15) is 0 Å². The topological polar surface area (TPSA) is 15.6 Å². The van der Waals surface area contributed by atoms with E-state index in [1.807, 2.05) is 36.7 Å². The molecule has 3 aromatic carbocycles. The van der Waals surface area contributed by atoms with Crippen molar-refractivity contribution in [3.05, 3.63) is 115 Å². The number of para-hydroxylation sites is 1. The summed E-state index contributed by atoms with van der Waals surface area (Å²) in [5.74, 6) is 0. The quantitative estimate of drug-likeness (QED) is 0.293. The number of aliphatic imine (C=N–C) groups is 1. The van der Waals surface area contributed by atoms with E-state index in [4.69, 9.17) is 4.99 Å². The summed E-state index contributed by atoms with van der Waals surface area (Å²) in [6.07, 6.45) is 11.0. The minimum Gasteiger partial charge on any atom is -0.303 e. The number of benzene rings is 3. The Morgan fingerprint density at radius 2 is 1.29 bits per heavy atom. The molecule has 0 saturated heterocycles. The molecule has 3 heteroatoms. The lowest BCUT2D eigenvalue weighted by Gasteiger charge is -2.32. The van der Waals surface area contributed by atoms with Gasteiger partial charge in [-0.25, -0.2) is 4.99 Å². The van der Waals surface area contributed by atoms with Crippen LogP contribution in [0.2, 0.25) is 0 Å². The zero-order valence-corrected chi connectivity index (χ0v) is 16.6. The van der Waals surface area contributed by atoms with E-state index in [1.165, 1.54) is 16.3 Å². The number of rotatable bonds is 6. The minimum atomic E-state index is -0.769. The Morgan fingerprint density at radius 1 is 0.714 bits per heavy atom. The molecule has 1 aliphatic carbocycles. The second kappa shape index (κ2) is 9.30. The van der Waals surface area contributed by atoms with Crippen LogP contribution in [0.3, 0.4) is 0 Å². The van der Waals surface area contributed by atoms with E-state index in [0.29, 0.717) is 0 Å². The zero-order chi connectivity index (χ0) is 19.0. The molecule has 0 heterocycles. The largest absolute Gasteiger partial charge is 0.303 e. The predicted molar refractivity (Wildman–Crippen MR) is 122 cm³/mol. The fourth-order valence-corrected chi connectivity index (χ4v) is 5.41. The van der Waals surface area contributed by atoms with E-state index >= 15 is 0 Å². The first-order valence-electron chi connectivity index (χ1n) is 9.57. The molecular weight excluding hydrogens is 359 g/mol. The van der Waals surface area contributed by atoms with Gasteiger partial charge in [-0.05, 0) is 31.1 Å². The molecule has 0 atom stereocenters. The van der Waals surface area contributed by atoms with Gasteiger partial charge >= 0.3 is 0 Å². The summed E-state index contributed by atoms with van der Waals surface area (Å²) in [4.78, 5) is 4.80. The van der Waals surface area contributed by atoms with Crippen LogP contribution in [0.4, 0.5) is 5.69 Å². The monoisotopic (exact) mass is 382 g/mol. The van der Waals surface area contributed by atoms with Crippen LogP contribution in [0.15, 0.2) is 120 Å². The fraction of sp³-hybridized carbons (Fsp3) is 0.0800. The van der Waals surface area contributed by atoms with Gasteiger partial charge in [0.1, 0.15) is 0 Å². The van der Waals surface area contributed by atoms with Crippen LogP contribution in [-0.4, -0.2) is 11.0 Å². The standard InChI is InChI=1S/C25H23N2P/c1-5-13-22(14-6-1)26-21-27(23-15-7-2-8-16-23)28(24-17-9-3-10-18-24)25-19-11-4-12-20-25/h1,3-7,9-21H,2,8H2. The minimum absolute atomic E-state index is 0.769. The summed E-state index contributed by atoms with van der Waals surface area (Å²) in [6, 6.07) is 31.6. The van der Waals surface area contributed by atoms with Gasteiger partial charge in [-0.1, -0.05) is 91.0 Å². The van der Waals surface area contributed by atoms with Crippen molar-refractivity contribution in [3.8, 4) is 0 Å². The van der Waals surface area contributed by atoms with Gasteiger partial charge in [0.2, 0.25) is 0 Å². The summed E-state index contributed by atoms with van der Waals surface area (Å²) in [6.45, 7) is 0. The van der Waals surface area contributed by atoms with Crippen LogP contribution in [0.25, 0.3) is 0 Å². The van der Waals surface area contributed by atoms with E-state index < -0.39 is 8.07 Å². The third-order valence-electron chi connectivity index (χ3n) is 4.53. The molecule has 0 aliphatic heterocycles. The molecule has 0 N–H and O–H groups in total. The van der Waals surface area contributed by atoms with Crippen molar-refractivity contribution >= 4 is 30.7 Å². The molecule has 1 aliphatic rings. The second-order valence-corrected chi connectivity index (χ2v) is 8.60. The molecule has 28 heavy (non-hydrogen) atoms. The lowest BCUT2D eigenvalue weighted by molar-refractivity contribution is 0.840. The van der Waals surface area contributed by atoms with Gasteiger partial charge in [-0.3, -0.25) is 0 Å². The average molecular weight is 382 g/mol. The lowest BCUT2D eigenvalue weighted by atomic mass is 10.1. The van der Waals surface area contributed by atoms with Crippen molar-refractivity contribution < 1.29 is 0 Å². The van der Waals surface area contributed by atoms with Crippen LogP contribution in [0.1, 0.15) is 12.8 Å². The highest BCUT2D eigenvalue weighted by Gasteiger charge is 2.23. The van der Waals surface area contributed by atoms with Crippen molar-refractivity contribution in [3.63, 3.8) is 0 Å². The Morgan fingerprint density at radius 3 is 1.82 bits per heavy atom. The number of nitrogens with zero attached hydrogens (tertiary/aromatic N) is 2. The fourth-order valence-electron chi connectivity index (χ4n) is 3.17. The predicted octanol–water partition coefficient (Wildman–Crippen LogP) is 5.93. The van der Waals surface area contributed by atoms with E-state index in [-0.39, 0.29) is 0 Å². The van der Waals surface area contributed by atoms with Gasteiger partial charge in [0.25, 0.3) is 0 Å². The maximum absolute atomic E-state index is 4.80. The van der Waals surface area contributed by atoms with E-state index in [1.54, 1.807) is 0 Å². The van der Waals surface area contributed by atoms with Crippen LogP contribution in [0.5, 0.6) is 0 Å². The third kappa shape index (κ3) is 4.47. The van der Waals surface area contributed by atoms with Crippen LogP contribution in [0, 0.1) is 0 Å². The summed E-state index contributed by atoms with van der Waals surface area (Å²) in [5.41, 5.74) is 2.17. The molecule has 0 saturated carbocycles. The molecule has 0 radical (unpaired) electrons. The number of allylic oxidation sites excluding steroid dienone is 3. The molecule has 0 unspecified atom stereocenters. The Labute approximate surface area is 168 Å². The molecular formula is C25H23N2P. The summed E-state index contributed by atoms with van der Waals surface area (Å²) in [5, 5.41) is 2.62. The molecule has 2 nitrogen and oxygen atoms in total. The molecule has 138 valence electrons. The Bertz CT molecular complexity index is 924. The van der Waals surface area contributed by atoms with Crippen molar-refractivity contribution in [2.45, 2.75) is 12.8 Å². The molecule has 0 aromatic heterocycles. The summed E-state index contributed by atoms with van der Waals surface area (Å²) in [7, 11) is -0.769. The van der Waals surface area contributed by atoms with Gasteiger partial charge < -0.3 is 4.67 Å². The molecule has 0 fully saturated rings. The first kappa shape index (κ1) is 18.4. The smallest absolute Gasteiger partial charge is 0.0995 e. The summed E-state index contributed by atoms with van der Waals surface area (Å²) >= 11 is 0. The molecule has 4 rings (SSSR count). The van der Waals surface area contributed by atoms with Crippen LogP contribution < -0.4 is 10.6 Å². The zero-order valence-electron chi connectivity index (χ0n) is 15.7. The van der Waals surface area contributed by atoms with Crippen LogP contribution in [-0.2, 0) is 0 Å². The maximum Gasteiger partial charge on any atom is 0.0995 e. The number of hydrogen-bond donors (Lipinski definition) is 0. The molecule has 3 aromatic rings. The van der Waals surface area contributed by atoms with Gasteiger partial charge in [0.05, 0.1) is 20.1 Å². The van der Waals surface area contributed by atoms with Gasteiger partial charge in [0.15, 0.2) is 0 Å². The average Bonchev–Trinajstić information content (AvgIpc) is 2.79. The molecule has 0 spiro atoms. The number of hydrogen-bond acceptors (Lipinski definition) is 1. The lowest BCUT2D eigenvalue weighted by Crippen LogP contribution is -2.27. The first-order chi connectivity index (χ1) is 13.9. The second-order valence-electron chi connectivity index (χ2n) is 6.52. The Balaban J connectivity index is 1.80. The molecule has 0 amide bonds. The summed E-state index contributed by atoms with van der Waals surface area (Å²) < 4.78 is 2.35. The van der Waals surface area contributed by atoms with Crippen molar-refractivity contribution in [1.29, 1.82) is 0 Å². The van der Waals surface area contributed by atoms with Gasteiger partial charge in [-0.15, -0.1) is 0 Å². The highest BCUT2D eigenvalue weighted by Crippen LogP contribution is 2.41. The highest BCUT2D eigenvalue weighted by atomic mass is 31.1. The third-order valence-corrected chi connectivity index (χ3v) is 6.87. The Hall–Kier alpha value is -2.96. The van der Waals surface area contributed by atoms with Gasteiger partial charge in [0, 0.05) is 16.3 Å².